The number of hydrogen-bond donors (Lipinski definition) is 4. The molecule has 2 rings (SSSR count). The van der Waals surface area contributed by atoms with Crippen LogP contribution in [0.4, 0.5) is 16.3 Å². The molecule has 82 valence electrons. The second-order valence-corrected chi connectivity index (χ2v) is 3.26. The molecule has 0 aliphatic heterocycles. The van der Waals surface area contributed by atoms with Crippen molar-refractivity contribution in [3.8, 4) is 11.1 Å². The van der Waals surface area contributed by atoms with Crippen molar-refractivity contribution >= 4 is 17.5 Å². The summed E-state index contributed by atoms with van der Waals surface area (Å²) >= 11 is 0. The molecule has 0 spiro atoms. The van der Waals surface area contributed by atoms with E-state index in [0.717, 1.165) is 11.1 Å². The Kier molecular flexibility index (Phi) is 2.47. The minimum absolute atomic E-state index is 0.510. The number of nitrogens with zero attached hydrogens (tertiary/aromatic N) is 1. The summed E-state index contributed by atoms with van der Waals surface area (Å²) in [5.41, 5.74) is 13.1. The minimum atomic E-state index is -0.587. The van der Waals surface area contributed by atoms with E-state index >= 15 is 0 Å². The van der Waals surface area contributed by atoms with Crippen LogP contribution in [0.5, 0.6) is 0 Å². The number of H-pyrrole nitrogens is 1. The van der Waals surface area contributed by atoms with Gasteiger partial charge in [-0.15, -0.1) is 0 Å². The summed E-state index contributed by atoms with van der Waals surface area (Å²) < 4.78 is 0. The van der Waals surface area contributed by atoms with Crippen LogP contribution in [0, 0.1) is 0 Å². The molecular weight excluding hydrogens is 206 g/mol. The first-order chi connectivity index (χ1) is 7.66. The van der Waals surface area contributed by atoms with E-state index in [9.17, 15) is 4.79 Å². The monoisotopic (exact) mass is 217 g/mol. The molecule has 6 nitrogen and oxygen atoms in total. The van der Waals surface area contributed by atoms with E-state index in [4.69, 9.17) is 11.5 Å². The number of carbonyl (C=O) groups is 1. The SMILES string of the molecule is NC(=O)Nc1ccc(-c2cn[nH]c2N)cc1. The molecule has 1 aromatic heterocycles. The summed E-state index contributed by atoms with van der Waals surface area (Å²) in [7, 11) is 0. The highest BCUT2D eigenvalue weighted by molar-refractivity contribution is 5.88. The van der Waals surface area contributed by atoms with Crippen LogP contribution in [0.25, 0.3) is 11.1 Å². The van der Waals surface area contributed by atoms with Crippen LogP contribution in [0.3, 0.4) is 0 Å². The molecule has 0 saturated heterocycles. The zero-order valence-electron chi connectivity index (χ0n) is 8.40. The molecule has 0 saturated carbocycles. The van der Waals surface area contributed by atoms with Crippen molar-refractivity contribution in [3.63, 3.8) is 0 Å². The number of hydrogen-bond acceptors (Lipinski definition) is 3. The third kappa shape index (κ3) is 1.95. The van der Waals surface area contributed by atoms with Gasteiger partial charge in [-0.3, -0.25) is 5.10 Å². The largest absolute Gasteiger partial charge is 0.384 e. The van der Waals surface area contributed by atoms with Crippen molar-refractivity contribution in [2.75, 3.05) is 11.1 Å². The van der Waals surface area contributed by atoms with Gasteiger partial charge in [0, 0.05) is 11.3 Å². The molecule has 0 aliphatic rings. The topological polar surface area (TPSA) is 110 Å². The van der Waals surface area contributed by atoms with E-state index in [1.165, 1.54) is 0 Å². The van der Waals surface area contributed by atoms with E-state index in [2.05, 4.69) is 15.5 Å². The highest BCUT2D eigenvalue weighted by Crippen LogP contribution is 2.24. The van der Waals surface area contributed by atoms with Crippen LogP contribution in [0.15, 0.2) is 30.5 Å². The third-order valence-corrected chi connectivity index (χ3v) is 2.13. The average molecular weight is 217 g/mol. The molecule has 0 atom stereocenters. The van der Waals surface area contributed by atoms with Crippen LogP contribution in [-0.2, 0) is 0 Å². The first-order valence-corrected chi connectivity index (χ1v) is 4.62. The number of urea groups is 1. The molecule has 1 aromatic carbocycles. The van der Waals surface area contributed by atoms with Gasteiger partial charge in [-0.1, -0.05) is 12.1 Å². The van der Waals surface area contributed by atoms with Gasteiger partial charge in [-0.25, -0.2) is 4.79 Å². The second-order valence-electron chi connectivity index (χ2n) is 3.26. The van der Waals surface area contributed by atoms with Crippen molar-refractivity contribution in [1.29, 1.82) is 0 Å². The zero-order chi connectivity index (χ0) is 11.5. The van der Waals surface area contributed by atoms with Gasteiger partial charge in [-0.05, 0) is 17.7 Å². The molecule has 6 heteroatoms. The van der Waals surface area contributed by atoms with Gasteiger partial charge < -0.3 is 16.8 Å². The molecule has 6 N–H and O–H groups in total. The van der Waals surface area contributed by atoms with Crippen molar-refractivity contribution in [3.05, 3.63) is 30.5 Å². The first kappa shape index (κ1) is 10.0. The number of anilines is 2. The fourth-order valence-electron chi connectivity index (χ4n) is 1.40. The Labute approximate surface area is 91.6 Å². The maximum Gasteiger partial charge on any atom is 0.316 e. The zero-order valence-corrected chi connectivity index (χ0v) is 8.40. The van der Waals surface area contributed by atoms with Gasteiger partial charge in [0.1, 0.15) is 5.82 Å². The van der Waals surface area contributed by atoms with E-state index < -0.39 is 6.03 Å². The maximum absolute atomic E-state index is 10.6. The summed E-state index contributed by atoms with van der Waals surface area (Å²) in [4.78, 5) is 10.6. The second kappa shape index (κ2) is 3.93. The Bertz CT molecular complexity index is 502. The normalized spacial score (nSPS) is 10.0. The number of nitrogens with two attached hydrogens (primary N) is 2. The molecular formula is C10H11N5O. The van der Waals surface area contributed by atoms with Gasteiger partial charge in [0.05, 0.1) is 6.20 Å². The molecule has 0 aliphatic carbocycles. The van der Waals surface area contributed by atoms with Crippen LogP contribution in [-0.4, -0.2) is 16.2 Å². The Morgan fingerprint density at radius 1 is 1.31 bits per heavy atom. The number of aromatic amines is 1. The average Bonchev–Trinajstić information content (AvgIpc) is 2.65. The van der Waals surface area contributed by atoms with Crippen LogP contribution < -0.4 is 16.8 Å². The molecule has 0 radical (unpaired) electrons. The fourth-order valence-corrected chi connectivity index (χ4v) is 1.40. The number of benzene rings is 1. The van der Waals surface area contributed by atoms with Crippen LogP contribution in [0.1, 0.15) is 0 Å². The number of rotatable bonds is 2. The summed E-state index contributed by atoms with van der Waals surface area (Å²) in [5, 5.41) is 8.96. The van der Waals surface area contributed by atoms with Gasteiger partial charge in [0.2, 0.25) is 0 Å². The number of nitrogens with one attached hydrogen (secondary N) is 2. The Morgan fingerprint density at radius 3 is 2.50 bits per heavy atom. The van der Waals surface area contributed by atoms with Gasteiger partial charge in [0.25, 0.3) is 0 Å². The Balaban J connectivity index is 2.26. The highest BCUT2D eigenvalue weighted by Gasteiger charge is 2.04. The van der Waals surface area contributed by atoms with Crippen LogP contribution in [0.2, 0.25) is 0 Å². The predicted molar refractivity (Wildman–Crippen MR) is 61.6 cm³/mol. The maximum atomic E-state index is 10.6. The van der Waals surface area contributed by atoms with Gasteiger partial charge in [-0.2, -0.15) is 5.10 Å². The van der Waals surface area contributed by atoms with Crippen LogP contribution >= 0.6 is 0 Å². The standard InChI is InChI=1S/C10H11N5O/c11-9-8(5-13-15-9)6-1-3-7(4-2-6)14-10(12)16/h1-5H,(H3,11,13,15)(H3,12,14,16). The molecule has 0 bridgehead atoms. The number of amides is 2. The quantitative estimate of drug-likeness (QED) is 0.605. The number of carbonyl (C=O) groups excluding carboxylic acids is 1. The lowest BCUT2D eigenvalue weighted by atomic mass is 10.1. The first-order valence-electron chi connectivity index (χ1n) is 4.62. The lowest BCUT2D eigenvalue weighted by Gasteiger charge is -2.03. The van der Waals surface area contributed by atoms with E-state index in [0.29, 0.717) is 11.5 Å². The lowest BCUT2D eigenvalue weighted by Crippen LogP contribution is -2.19. The summed E-state index contributed by atoms with van der Waals surface area (Å²) in [6.07, 6.45) is 1.64. The number of aromatic nitrogens is 2. The highest BCUT2D eigenvalue weighted by atomic mass is 16.2. The summed E-state index contributed by atoms with van der Waals surface area (Å²) in [5.74, 6) is 0.510. The molecule has 2 amide bonds. The summed E-state index contributed by atoms with van der Waals surface area (Å²) in [6.45, 7) is 0. The van der Waals surface area contributed by atoms with E-state index in [-0.39, 0.29) is 0 Å². The third-order valence-electron chi connectivity index (χ3n) is 2.13. The molecule has 0 unspecified atom stereocenters. The molecule has 1 heterocycles. The summed E-state index contributed by atoms with van der Waals surface area (Å²) in [6, 6.07) is 6.55. The Morgan fingerprint density at radius 2 is 2.00 bits per heavy atom. The Hall–Kier alpha value is -2.50. The minimum Gasteiger partial charge on any atom is -0.384 e. The molecule has 0 fully saturated rings. The molecule has 16 heavy (non-hydrogen) atoms. The van der Waals surface area contributed by atoms with Gasteiger partial charge in [0.15, 0.2) is 0 Å². The number of primary amides is 1. The van der Waals surface area contributed by atoms with Crippen molar-refractivity contribution < 1.29 is 4.79 Å². The lowest BCUT2D eigenvalue weighted by molar-refractivity contribution is 0.259. The smallest absolute Gasteiger partial charge is 0.316 e. The number of nitrogen functional groups attached to an aromatic ring is 1. The van der Waals surface area contributed by atoms with E-state index in [1.54, 1.807) is 18.3 Å². The fraction of sp³-hybridized carbons (Fsp3) is 0. The van der Waals surface area contributed by atoms with Gasteiger partial charge >= 0.3 is 6.03 Å². The molecule has 2 aromatic rings. The van der Waals surface area contributed by atoms with E-state index in [1.807, 2.05) is 12.1 Å². The van der Waals surface area contributed by atoms with Crippen molar-refractivity contribution in [2.45, 2.75) is 0 Å². The predicted octanol–water partition coefficient (Wildman–Crippen LogP) is 1.15. The van der Waals surface area contributed by atoms with Crippen molar-refractivity contribution in [1.82, 2.24) is 10.2 Å². The van der Waals surface area contributed by atoms with Crippen molar-refractivity contribution in [2.24, 2.45) is 5.73 Å².